The quantitative estimate of drug-likeness (QED) is 0.832. The van der Waals surface area contributed by atoms with Gasteiger partial charge in [0.2, 0.25) is 0 Å². The predicted octanol–water partition coefficient (Wildman–Crippen LogP) is 1.31. The van der Waals surface area contributed by atoms with Crippen LogP contribution in [0.3, 0.4) is 0 Å². The van der Waals surface area contributed by atoms with Crippen LogP contribution in [-0.2, 0) is 11.2 Å². The minimum atomic E-state index is -0.0310. The third-order valence-electron chi connectivity index (χ3n) is 3.34. The Balaban J connectivity index is 2.47. The van der Waals surface area contributed by atoms with Crippen LogP contribution in [0.2, 0.25) is 0 Å². The summed E-state index contributed by atoms with van der Waals surface area (Å²) >= 11 is 0. The van der Waals surface area contributed by atoms with Crippen LogP contribution in [0, 0.1) is 0 Å². The lowest BCUT2D eigenvalue weighted by molar-refractivity contribution is -0.118. The normalized spacial score (nSPS) is 18.7. The van der Waals surface area contributed by atoms with Gasteiger partial charge < -0.3 is 10.6 Å². The fourth-order valence-corrected chi connectivity index (χ4v) is 2.52. The van der Waals surface area contributed by atoms with Crippen molar-refractivity contribution in [2.24, 2.45) is 5.73 Å². The van der Waals surface area contributed by atoms with Gasteiger partial charge in [0.25, 0.3) is 0 Å². The van der Waals surface area contributed by atoms with E-state index in [2.05, 4.69) is 24.0 Å². The van der Waals surface area contributed by atoms with E-state index in [1.807, 2.05) is 13.1 Å². The summed E-state index contributed by atoms with van der Waals surface area (Å²) in [7, 11) is 2.04. The van der Waals surface area contributed by atoms with Crippen LogP contribution in [0.25, 0.3) is 0 Å². The van der Waals surface area contributed by atoms with Crippen LogP contribution in [0.15, 0.2) is 18.2 Å². The molecule has 0 fully saturated rings. The molecule has 1 unspecified atom stereocenters. The summed E-state index contributed by atoms with van der Waals surface area (Å²) < 4.78 is 0. The lowest BCUT2D eigenvalue weighted by Gasteiger charge is -2.15. The Labute approximate surface area is 96.2 Å². The molecule has 1 atom stereocenters. The lowest BCUT2D eigenvalue weighted by atomic mass is 9.95. The van der Waals surface area contributed by atoms with E-state index in [1.54, 1.807) is 0 Å². The first-order valence-electron chi connectivity index (χ1n) is 5.74. The summed E-state index contributed by atoms with van der Waals surface area (Å²) in [4.78, 5) is 13.9. The van der Waals surface area contributed by atoms with Crippen molar-refractivity contribution in [3.63, 3.8) is 0 Å². The molecular formula is C13H18N2O. The fraction of sp³-hybridized carbons (Fsp3) is 0.462. The number of nitrogens with two attached hydrogens (primary N) is 1. The zero-order valence-electron chi connectivity index (χ0n) is 9.86. The molecule has 2 rings (SSSR count). The zero-order valence-corrected chi connectivity index (χ0v) is 9.86. The second-order valence-corrected chi connectivity index (χ2v) is 4.31. The maximum atomic E-state index is 11.8. The van der Waals surface area contributed by atoms with E-state index in [4.69, 9.17) is 5.73 Å². The summed E-state index contributed by atoms with van der Waals surface area (Å²) in [5.74, 6) is 0.107. The van der Waals surface area contributed by atoms with E-state index in [-0.39, 0.29) is 18.2 Å². The molecule has 16 heavy (non-hydrogen) atoms. The highest BCUT2D eigenvalue weighted by Gasteiger charge is 2.31. The van der Waals surface area contributed by atoms with Crippen LogP contribution in [-0.4, -0.2) is 25.9 Å². The van der Waals surface area contributed by atoms with Crippen molar-refractivity contribution < 1.29 is 4.79 Å². The Bertz CT molecular complexity index is 414. The van der Waals surface area contributed by atoms with Crippen molar-refractivity contribution in [2.75, 3.05) is 25.0 Å². The number of anilines is 1. The topological polar surface area (TPSA) is 46.3 Å². The number of rotatable bonds is 3. The maximum absolute atomic E-state index is 11.8. The number of nitrogens with zero attached hydrogens (tertiary/aromatic N) is 1. The number of hydrogen-bond acceptors (Lipinski definition) is 3. The fourth-order valence-electron chi connectivity index (χ4n) is 2.52. The Hall–Kier alpha value is -1.35. The van der Waals surface area contributed by atoms with E-state index in [0.29, 0.717) is 0 Å². The van der Waals surface area contributed by atoms with Gasteiger partial charge in [0, 0.05) is 19.3 Å². The largest absolute Gasteiger partial charge is 0.373 e. The molecule has 0 aliphatic carbocycles. The number of aryl methyl sites for hydroxylation is 1. The molecule has 0 spiro atoms. The molecule has 3 heteroatoms. The van der Waals surface area contributed by atoms with Gasteiger partial charge in [0.05, 0.1) is 12.5 Å². The third kappa shape index (κ3) is 1.61. The van der Waals surface area contributed by atoms with Crippen molar-refractivity contribution in [1.29, 1.82) is 0 Å². The van der Waals surface area contributed by atoms with Crippen LogP contribution < -0.4 is 10.6 Å². The molecule has 0 aromatic heterocycles. The summed E-state index contributed by atoms with van der Waals surface area (Å²) in [6.07, 6.45) is 0.997. The van der Waals surface area contributed by atoms with Crippen molar-refractivity contribution >= 4 is 11.5 Å². The SMILES string of the molecule is CCc1cccc2c1N(C)CC2C(=O)CN. The molecule has 1 aromatic rings. The standard InChI is InChI=1S/C13H18N2O/c1-3-9-5-4-6-10-11(12(16)7-14)8-15(2)13(9)10/h4-6,11H,3,7-8,14H2,1-2H3. The van der Waals surface area contributed by atoms with E-state index < -0.39 is 0 Å². The maximum Gasteiger partial charge on any atom is 0.155 e. The number of fused-ring (bicyclic) bond motifs is 1. The van der Waals surface area contributed by atoms with Crippen molar-refractivity contribution in [1.82, 2.24) is 0 Å². The third-order valence-corrected chi connectivity index (χ3v) is 3.34. The minimum Gasteiger partial charge on any atom is -0.373 e. The molecule has 1 heterocycles. The molecule has 1 aliphatic rings. The highest BCUT2D eigenvalue weighted by Crippen LogP contribution is 2.38. The van der Waals surface area contributed by atoms with Gasteiger partial charge in [-0.2, -0.15) is 0 Å². The van der Waals surface area contributed by atoms with Gasteiger partial charge in [-0.15, -0.1) is 0 Å². The smallest absolute Gasteiger partial charge is 0.155 e. The molecule has 1 aromatic carbocycles. The number of likely N-dealkylation sites (N-methyl/N-ethyl adjacent to an activating group) is 1. The molecule has 0 saturated heterocycles. The highest BCUT2D eigenvalue weighted by atomic mass is 16.1. The Morgan fingerprint density at radius 1 is 1.56 bits per heavy atom. The Morgan fingerprint density at radius 2 is 2.31 bits per heavy atom. The van der Waals surface area contributed by atoms with Crippen LogP contribution >= 0.6 is 0 Å². The minimum absolute atomic E-state index is 0.0310. The van der Waals surface area contributed by atoms with Crippen molar-refractivity contribution in [3.8, 4) is 0 Å². The van der Waals surface area contributed by atoms with Gasteiger partial charge in [-0.3, -0.25) is 4.79 Å². The number of carbonyl (C=O) groups is 1. The van der Waals surface area contributed by atoms with Gasteiger partial charge in [0.1, 0.15) is 0 Å². The van der Waals surface area contributed by atoms with E-state index in [1.165, 1.54) is 11.3 Å². The molecule has 0 saturated carbocycles. The zero-order chi connectivity index (χ0) is 11.7. The Morgan fingerprint density at radius 3 is 2.94 bits per heavy atom. The lowest BCUT2D eigenvalue weighted by Crippen LogP contribution is -2.25. The number of ketones is 1. The first-order chi connectivity index (χ1) is 7.69. The van der Waals surface area contributed by atoms with E-state index >= 15 is 0 Å². The second-order valence-electron chi connectivity index (χ2n) is 4.31. The molecule has 0 amide bonds. The van der Waals surface area contributed by atoms with Crippen LogP contribution in [0.4, 0.5) is 5.69 Å². The molecule has 86 valence electrons. The number of benzene rings is 1. The monoisotopic (exact) mass is 218 g/mol. The Kier molecular flexibility index (Phi) is 2.97. The first kappa shape index (κ1) is 11.1. The summed E-state index contributed by atoms with van der Waals surface area (Å²) in [6, 6.07) is 6.22. The van der Waals surface area contributed by atoms with Gasteiger partial charge in [-0.05, 0) is 17.5 Å². The molecule has 1 aliphatic heterocycles. The van der Waals surface area contributed by atoms with Crippen LogP contribution in [0.1, 0.15) is 24.0 Å². The molecular weight excluding hydrogens is 200 g/mol. The number of carbonyl (C=O) groups excluding carboxylic acids is 1. The predicted molar refractivity (Wildman–Crippen MR) is 65.9 cm³/mol. The summed E-state index contributed by atoms with van der Waals surface area (Å²) in [5, 5.41) is 0. The van der Waals surface area contributed by atoms with Crippen LogP contribution in [0.5, 0.6) is 0 Å². The van der Waals surface area contributed by atoms with Crippen molar-refractivity contribution in [2.45, 2.75) is 19.3 Å². The highest BCUT2D eigenvalue weighted by molar-refractivity contribution is 5.91. The van der Waals surface area contributed by atoms with Gasteiger partial charge in [-0.1, -0.05) is 25.1 Å². The average molecular weight is 218 g/mol. The number of Topliss-reactive ketones (excluding diaryl/α,β-unsaturated/α-hetero) is 1. The summed E-state index contributed by atoms with van der Waals surface area (Å²) in [6.45, 7) is 3.04. The number of hydrogen-bond donors (Lipinski definition) is 1. The summed E-state index contributed by atoms with van der Waals surface area (Å²) in [5.41, 5.74) is 9.15. The second kappa shape index (κ2) is 4.26. The van der Waals surface area contributed by atoms with Gasteiger partial charge >= 0.3 is 0 Å². The van der Waals surface area contributed by atoms with Crippen molar-refractivity contribution in [3.05, 3.63) is 29.3 Å². The molecule has 2 N–H and O–H groups in total. The number of para-hydroxylation sites is 1. The van der Waals surface area contributed by atoms with Gasteiger partial charge in [-0.25, -0.2) is 0 Å². The first-order valence-corrected chi connectivity index (χ1v) is 5.74. The van der Waals surface area contributed by atoms with Gasteiger partial charge in [0.15, 0.2) is 5.78 Å². The van der Waals surface area contributed by atoms with E-state index in [0.717, 1.165) is 18.5 Å². The molecule has 0 radical (unpaired) electrons. The van der Waals surface area contributed by atoms with E-state index in [9.17, 15) is 4.79 Å². The molecule has 0 bridgehead atoms. The average Bonchev–Trinajstić information content (AvgIpc) is 2.66. The molecule has 3 nitrogen and oxygen atoms in total.